The zero-order valence-electron chi connectivity index (χ0n) is 7.13. The molecule has 2 rings (SSSR count). The van der Waals surface area contributed by atoms with Gasteiger partial charge in [0.05, 0.1) is 0 Å². The normalized spacial score (nSPS) is 28.1. The van der Waals surface area contributed by atoms with Crippen molar-refractivity contribution in [2.45, 2.75) is 31.7 Å². The predicted octanol–water partition coefficient (Wildman–Crippen LogP) is 0.819. The SMILES string of the molecule is NCC(CC1CC1)N1CCC1. The van der Waals surface area contributed by atoms with Gasteiger partial charge in [0, 0.05) is 12.6 Å². The molecule has 11 heavy (non-hydrogen) atoms. The highest BCUT2D eigenvalue weighted by molar-refractivity contribution is 4.85. The van der Waals surface area contributed by atoms with E-state index in [0.717, 1.165) is 18.5 Å². The third-order valence-electron chi connectivity index (χ3n) is 2.98. The van der Waals surface area contributed by atoms with Gasteiger partial charge in [0.25, 0.3) is 0 Å². The summed E-state index contributed by atoms with van der Waals surface area (Å²) in [6.45, 7) is 3.47. The molecule has 2 aliphatic rings. The largest absolute Gasteiger partial charge is 0.329 e. The number of rotatable bonds is 4. The molecule has 2 heteroatoms. The van der Waals surface area contributed by atoms with Gasteiger partial charge in [0.1, 0.15) is 0 Å². The van der Waals surface area contributed by atoms with E-state index in [0.29, 0.717) is 0 Å². The maximum atomic E-state index is 5.72. The molecule has 1 heterocycles. The summed E-state index contributed by atoms with van der Waals surface area (Å²) in [5.41, 5.74) is 5.72. The molecule has 0 aromatic carbocycles. The Morgan fingerprint density at radius 2 is 2.09 bits per heavy atom. The van der Waals surface area contributed by atoms with E-state index in [1.54, 1.807) is 0 Å². The monoisotopic (exact) mass is 154 g/mol. The summed E-state index contributed by atoms with van der Waals surface area (Å²) in [5.74, 6) is 1.03. The Morgan fingerprint density at radius 1 is 1.36 bits per heavy atom. The minimum Gasteiger partial charge on any atom is -0.329 e. The number of hydrogen-bond donors (Lipinski definition) is 1. The molecular weight excluding hydrogens is 136 g/mol. The Morgan fingerprint density at radius 3 is 2.45 bits per heavy atom. The van der Waals surface area contributed by atoms with Crippen LogP contribution in [0.3, 0.4) is 0 Å². The summed E-state index contributed by atoms with van der Waals surface area (Å²) < 4.78 is 0. The zero-order chi connectivity index (χ0) is 7.68. The number of likely N-dealkylation sites (tertiary alicyclic amines) is 1. The molecular formula is C9H18N2. The Kier molecular flexibility index (Phi) is 2.14. The minimum atomic E-state index is 0.719. The van der Waals surface area contributed by atoms with Gasteiger partial charge in [0.2, 0.25) is 0 Å². The first-order chi connectivity index (χ1) is 5.40. The summed E-state index contributed by atoms with van der Waals surface area (Å²) in [4.78, 5) is 2.54. The second-order valence-corrected chi connectivity index (χ2v) is 3.96. The average molecular weight is 154 g/mol. The zero-order valence-corrected chi connectivity index (χ0v) is 7.13. The fraction of sp³-hybridized carbons (Fsp3) is 1.00. The molecule has 0 aromatic heterocycles. The van der Waals surface area contributed by atoms with Crippen LogP contribution in [-0.4, -0.2) is 30.6 Å². The summed E-state index contributed by atoms with van der Waals surface area (Å²) in [7, 11) is 0. The van der Waals surface area contributed by atoms with Crippen LogP contribution in [0.5, 0.6) is 0 Å². The van der Waals surface area contributed by atoms with E-state index in [1.165, 1.54) is 38.8 Å². The van der Waals surface area contributed by atoms with Gasteiger partial charge in [-0.2, -0.15) is 0 Å². The van der Waals surface area contributed by atoms with Gasteiger partial charge in [-0.25, -0.2) is 0 Å². The molecule has 0 radical (unpaired) electrons. The lowest BCUT2D eigenvalue weighted by molar-refractivity contribution is 0.112. The highest BCUT2D eigenvalue weighted by atomic mass is 15.2. The van der Waals surface area contributed by atoms with Gasteiger partial charge in [-0.1, -0.05) is 12.8 Å². The van der Waals surface area contributed by atoms with Crippen LogP contribution < -0.4 is 5.73 Å². The van der Waals surface area contributed by atoms with Crippen LogP contribution in [0.2, 0.25) is 0 Å². The fourth-order valence-corrected chi connectivity index (χ4v) is 1.84. The van der Waals surface area contributed by atoms with Crippen LogP contribution in [-0.2, 0) is 0 Å². The Bertz CT molecular complexity index is 128. The molecule has 1 unspecified atom stereocenters. The lowest BCUT2D eigenvalue weighted by Gasteiger charge is -2.38. The first-order valence-electron chi connectivity index (χ1n) is 4.84. The fourth-order valence-electron chi connectivity index (χ4n) is 1.84. The van der Waals surface area contributed by atoms with Gasteiger partial charge >= 0.3 is 0 Å². The van der Waals surface area contributed by atoms with Crippen molar-refractivity contribution in [1.82, 2.24) is 4.90 Å². The minimum absolute atomic E-state index is 0.719. The molecule has 1 saturated heterocycles. The second-order valence-electron chi connectivity index (χ2n) is 3.96. The summed E-state index contributed by atoms with van der Waals surface area (Å²) in [6, 6.07) is 0.719. The molecule has 1 saturated carbocycles. The van der Waals surface area contributed by atoms with Crippen LogP contribution in [0.25, 0.3) is 0 Å². The van der Waals surface area contributed by atoms with E-state index in [4.69, 9.17) is 5.73 Å². The van der Waals surface area contributed by atoms with E-state index in [1.807, 2.05) is 0 Å². The molecule has 0 aromatic rings. The van der Waals surface area contributed by atoms with Crippen LogP contribution >= 0.6 is 0 Å². The Labute approximate surface area is 68.7 Å². The lowest BCUT2D eigenvalue weighted by Crippen LogP contribution is -2.48. The number of nitrogens with zero attached hydrogens (tertiary/aromatic N) is 1. The molecule has 2 N–H and O–H groups in total. The standard InChI is InChI=1S/C9H18N2/c10-7-9(6-8-2-3-8)11-4-1-5-11/h8-9H,1-7,10H2. The van der Waals surface area contributed by atoms with E-state index in [2.05, 4.69) is 4.90 Å². The van der Waals surface area contributed by atoms with Crippen molar-refractivity contribution < 1.29 is 0 Å². The molecule has 0 amide bonds. The average Bonchev–Trinajstić information content (AvgIpc) is 2.66. The third kappa shape index (κ3) is 1.74. The molecule has 0 bridgehead atoms. The van der Waals surface area contributed by atoms with Crippen LogP contribution in [0, 0.1) is 5.92 Å². The van der Waals surface area contributed by atoms with Crippen LogP contribution in [0.1, 0.15) is 25.7 Å². The van der Waals surface area contributed by atoms with Crippen molar-refractivity contribution in [3.8, 4) is 0 Å². The van der Waals surface area contributed by atoms with Crippen molar-refractivity contribution in [3.05, 3.63) is 0 Å². The van der Waals surface area contributed by atoms with E-state index >= 15 is 0 Å². The molecule has 1 aliphatic heterocycles. The highest BCUT2D eigenvalue weighted by Crippen LogP contribution is 2.35. The van der Waals surface area contributed by atoms with Gasteiger partial charge in [-0.15, -0.1) is 0 Å². The van der Waals surface area contributed by atoms with Gasteiger partial charge in [0.15, 0.2) is 0 Å². The maximum Gasteiger partial charge on any atom is 0.0221 e. The summed E-state index contributed by atoms with van der Waals surface area (Å²) in [5, 5.41) is 0. The predicted molar refractivity (Wildman–Crippen MR) is 46.4 cm³/mol. The molecule has 1 aliphatic carbocycles. The first-order valence-corrected chi connectivity index (χ1v) is 4.84. The van der Waals surface area contributed by atoms with Crippen molar-refractivity contribution in [3.63, 3.8) is 0 Å². The molecule has 2 fully saturated rings. The molecule has 2 nitrogen and oxygen atoms in total. The highest BCUT2D eigenvalue weighted by Gasteiger charge is 2.29. The summed E-state index contributed by atoms with van der Waals surface area (Å²) in [6.07, 6.45) is 5.69. The van der Waals surface area contributed by atoms with Crippen molar-refractivity contribution in [1.29, 1.82) is 0 Å². The quantitative estimate of drug-likeness (QED) is 0.649. The first kappa shape index (κ1) is 7.56. The molecule has 64 valence electrons. The van der Waals surface area contributed by atoms with Crippen molar-refractivity contribution >= 4 is 0 Å². The Balaban J connectivity index is 1.74. The van der Waals surface area contributed by atoms with Crippen LogP contribution in [0.15, 0.2) is 0 Å². The smallest absolute Gasteiger partial charge is 0.0221 e. The summed E-state index contributed by atoms with van der Waals surface area (Å²) >= 11 is 0. The molecule has 1 atom stereocenters. The van der Waals surface area contributed by atoms with Crippen molar-refractivity contribution in [2.75, 3.05) is 19.6 Å². The topological polar surface area (TPSA) is 29.3 Å². The number of hydrogen-bond acceptors (Lipinski definition) is 2. The molecule has 0 spiro atoms. The van der Waals surface area contributed by atoms with Crippen LogP contribution in [0.4, 0.5) is 0 Å². The van der Waals surface area contributed by atoms with Crippen molar-refractivity contribution in [2.24, 2.45) is 11.7 Å². The second kappa shape index (κ2) is 3.11. The van der Waals surface area contributed by atoms with E-state index < -0.39 is 0 Å². The van der Waals surface area contributed by atoms with Gasteiger partial charge in [-0.05, 0) is 31.8 Å². The van der Waals surface area contributed by atoms with E-state index in [-0.39, 0.29) is 0 Å². The number of nitrogens with two attached hydrogens (primary N) is 1. The maximum absolute atomic E-state index is 5.72. The van der Waals surface area contributed by atoms with Gasteiger partial charge in [-0.3, -0.25) is 4.90 Å². The Hall–Kier alpha value is -0.0800. The lowest BCUT2D eigenvalue weighted by atomic mass is 10.0. The van der Waals surface area contributed by atoms with E-state index in [9.17, 15) is 0 Å². The van der Waals surface area contributed by atoms with Gasteiger partial charge < -0.3 is 5.73 Å². The third-order valence-corrected chi connectivity index (χ3v) is 2.98.